The standard InChI is InChI=1S/C9H17ClO2/c1-3-5-8(6-4-2)9(11)12-7-10/h8H,3-7H2,1-2H3. The molecule has 0 saturated heterocycles. The van der Waals surface area contributed by atoms with Gasteiger partial charge in [-0.2, -0.15) is 0 Å². The van der Waals surface area contributed by atoms with Gasteiger partial charge in [0.05, 0.1) is 5.92 Å². The predicted molar refractivity (Wildman–Crippen MR) is 50.1 cm³/mol. The highest BCUT2D eigenvalue weighted by Crippen LogP contribution is 2.15. The van der Waals surface area contributed by atoms with Crippen molar-refractivity contribution in [2.24, 2.45) is 5.92 Å². The van der Waals surface area contributed by atoms with Gasteiger partial charge in [0.2, 0.25) is 0 Å². The first kappa shape index (κ1) is 11.8. The summed E-state index contributed by atoms with van der Waals surface area (Å²) in [5.74, 6) is -0.0903. The Morgan fingerprint density at radius 1 is 1.33 bits per heavy atom. The number of rotatable bonds is 6. The van der Waals surface area contributed by atoms with E-state index in [0.29, 0.717) is 0 Å². The van der Waals surface area contributed by atoms with E-state index in [9.17, 15) is 4.79 Å². The SMILES string of the molecule is CCCC(CCC)C(=O)OCCl. The van der Waals surface area contributed by atoms with E-state index < -0.39 is 0 Å². The smallest absolute Gasteiger partial charge is 0.310 e. The fourth-order valence-corrected chi connectivity index (χ4v) is 1.36. The van der Waals surface area contributed by atoms with Crippen molar-refractivity contribution in [1.29, 1.82) is 0 Å². The molecule has 0 aliphatic rings. The molecular weight excluding hydrogens is 176 g/mol. The maximum absolute atomic E-state index is 11.2. The van der Waals surface area contributed by atoms with Crippen LogP contribution in [0.2, 0.25) is 0 Å². The molecule has 0 radical (unpaired) electrons. The molecule has 0 atom stereocenters. The number of halogens is 1. The molecule has 0 unspecified atom stereocenters. The van der Waals surface area contributed by atoms with Crippen LogP contribution < -0.4 is 0 Å². The number of carbonyl (C=O) groups excluding carboxylic acids is 1. The summed E-state index contributed by atoms with van der Waals surface area (Å²) in [4.78, 5) is 11.2. The van der Waals surface area contributed by atoms with Gasteiger partial charge in [0.25, 0.3) is 0 Å². The quantitative estimate of drug-likeness (QED) is 0.478. The minimum absolute atomic E-state index is 0.0250. The molecule has 0 fully saturated rings. The molecule has 0 aromatic rings. The Labute approximate surface area is 79.2 Å². The van der Waals surface area contributed by atoms with Gasteiger partial charge >= 0.3 is 5.97 Å². The molecule has 0 N–H and O–H groups in total. The third-order valence-corrected chi connectivity index (χ3v) is 1.91. The maximum atomic E-state index is 11.2. The summed E-state index contributed by atoms with van der Waals surface area (Å²) in [6.45, 7) is 4.13. The number of carbonyl (C=O) groups is 1. The van der Waals surface area contributed by atoms with Crippen molar-refractivity contribution in [2.75, 3.05) is 6.07 Å². The lowest BCUT2D eigenvalue weighted by atomic mass is 9.99. The van der Waals surface area contributed by atoms with E-state index in [1.54, 1.807) is 0 Å². The molecule has 0 saturated carbocycles. The zero-order chi connectivity index (χ0) is 9.40. The number of ether oxygens (including phenoxy) is 1. The second kappa shape index (κ2) is 7.41. The van der Waals surface area contributed by atoms with Crippen LogP contribution in [0.1, 0.15) is 39.5 Å². The van der Waals surface area contributed by atoms with Gasteiger partial charge in [-0.15, -0.1) is 0 Å². The van der Waals surface area contributed by atoms with Gasteiger partial charge in [0.15, 0.2) is 6.07 Å². The minimum Gasteiger partial charge on any atom is -0.449 e. The Morgan fingerprint density at radius 2 is 1.83 bits per heavy atom. The summed E-state index contributed by atoms with van der Waals surface area (Å²) in [6, 6.07) is -0.0250. The zero-order valence-corrected chi connectivity index (χ0v) is 8.56. The molecule has 0 amide bonds. The molecule has 0 spiro atoms. The van der Waals surface area contributed by atoms with Crippen molar-refractivity contribution in [3.05, 3.63) is 0 Å². The molecule has 3 heteroatoms. The minimum atomic E-state index is -0.145. The monoisotopic (exact) mass is 192 g/mol. The highest BCUT2D eigenvalue weighted by molar-refractivity contribution is 6.17. The van der Waals surface area contributed by atoms with Crippen molar-refractivity contribution in [3.8, 4) is 0 Å². The van der Waals surface area contributed by atoms with Crippen LogP contribution in [0.25, 0.3) is 0 Å². The lowest BCUT2D eigenvalue weighted by Gasteiger charge is -2.12. The molecule has 0 aliphatic carbocycles. The van der Waals surface area contributed by atoms with Crippen LogP contribution in [0.15, 0.2) is 0 Å². The van der Waals surface area contributed by atoms with E-state index in [0.717, 1.165) is 25.7 Å². The normalized spacial score (nSPS) is 10.3. The van der Waals surface area contributed by atoms with E-state index in [1.807, 2.05) is 0 Å². The van der Waals surface area contributed by atoms with Crippen LogP contribution in [0, 0.1) is 5.92 Å². The number of hydrogen-bond donors (Lipinski definition) is 0. The summed E-state index contributed by atoms with van der Waals surface area (Å²) in [5, 5.41) is 0. The topological polar surface area (TPSA) is 26.3 Å². The maximum Gasteiger partial charge on any atom is 0.310 e. The fourth-order valence-electron chi connectivity index (χ4n) is 1.25. The third-order valence-electron chi connectivity index (χ3n) is 1.80. The molecule has 2 nitrogen and oxygen atoms in total. The largest absolute Gasteiger partial charge is 0.449 e. The first-order valence-electron chi connectivity index (χ1n) is 4.48. The van der Waals surface area contributed by atoms with Crippen LogP contribution in [-0.2, 0) is 9.53 Å². The van der Waals surface area contributed by atoms with Crippen LogP contribution in [0.5, 0.6) is 0 Å². The van der Waals surface area contributed by atoms with Gasteiger partial charge in [-0.1, -0.05) is 38.3 Å². The van der Waals surface area contributed by atoms with Crippen molar-refractivity contribution in [1.82, 2.24) is 0 Å². The van der Waals surface area contributed by atoms with Crippen LogP contribution in [-0.4, -0.2) is 12.0 Å². The van der Waals surface area contributed by atoms with Gasteiger partial charge in [0.1, 0.15) is 0 Å². The first-order chi connectivity index (χ1) is 5.76. The van der Waals surface area contributed by atoms with E-state index >= 15 is 0 Å². The Hall–Kier alpha value is -0.240. The van der Waals surface area contributed by atoms with Gasteiger partial charge in [-0.05, 0) is 12.8 Å². The average molecular weight is 193 g/mol. The average Bonchev–Trinajstić information content (AvgIpc) is 2.04. The molecule has 0 heterocycles. The second-order valence-corrected chi connectivity index (χ2v) is 3.06. The first-order valence-corrected chi connectivity index (χ1v) is 5.02. The van der Waals surface area contributed by atoms with Crippen molar-refractivity contribution in [2.45, 2.75) is 39.5 Å². The van der Waals surface area contributed by atoms with Gasteiger partial charge in [-0.3, -0.25) is 4.79 Å². The number of hydrogen-bond acceptors (Lipinski definition) is 2. The fraction of sp³-hybridized carbons (Fsp3) is 0.889. The zero-order valence-electron chi connectivity index (χ0n) is 7.81. The number of alkyl halides is 1. The van der Waals surface area contributed by atoms with Crippen LogP contribution in [0.3, 0.4) is 0 Å². The Balaban J connectivity index is 3.81. The summed E-state index contributed by atoms with van der Waals surface area (Å²) >= 11 is 5.30. The highest BCUT2D eigenvalue weighted by Gasteiger charge is 2.17. The van der Waals surface area contributed by atoms with Crippen molar-refractivity contribution >= 4 is 17.6 Å². The molecule has 0 aromatic carbocycles. The lowest BCUT2D eigenvalue weighted by molar-refractivity contribution is -0.147. The van der Waals surface area contributed by atoms with Gasteiger partial charge < -0.3 is 4.74 Å². The molecule has 12 heavy (non-hydrogen) atoms. The number of esters is 1. The Bertz CT molecular complexity index is 120. The van der Waals surface area contributed by atoms with E-state index in [1.165, 1.54) is 0 Å². The highest BCUT2D eigenvalue weighted by atomic mass is 35.5. The Morgan fingerprint density at radius 3 is 2.17 bits per heavy atom. The summed E-state index contributed by atoms with van der Waals surface area (Å²) in [7, 11) is 0. The van der Waals surface area contributed by atoms with Gasteiger partial charge in [-0.25, -0.2) is 0 Å². The molecule has 0 rings (SSSR count). The summed E-state index contributed by atoms with van der Waals surface area (Å²) in [6.07, 6.45) is 3.84. The third kappa shape index (κ3) is 4.60. The molecule has 72 valence electrons. The van der Waals surface area contributed by atoms with Crippen LogP contribution >= 0.6 is 11.6 Å². The summed E-state index contributed by atoms with van der Waals surface area (Å²) < 4.78 is 4.74. The van der Waals surface area contributed by atoms with Crippen molar-refractivity contribution < 1.29 is 9.53 Å². The van der Waals surface area contributed by atoms with E-state index in [4.69, 9.17) is 16.3 Å². The molecular formula is C9H17ClO2. The molecule has 0 aliphatic heterocycles. The van der Waals surface area contributed by atoms with Crippen molar-refractivity contribution in [3.63, 3.8) is 0 Å². The van der Waals surface area contributed by atoms with E-state index in [-0.39, 0.29) is 18.0 Å². The Kier molecular flexibility index (Phi) is 7.26. The lowest BCUT2D eigenvalue weighted by Crippen LogP contribution is -2.16. The second-order valence-electron chi connectivity index (χ2n) is 2.85. The van der Waals surface area contributed by atoms with E-state index in [2.05, 4.69) is 13.8 Å². The molecule has 0 bridgehead atoms. The molecule has 0 aromatic heterocycles. The van der Waals surface area contributed by atoms with Crippen LogP contribution in [0.4, 0.5) is 0 Å². The summed E-state index contributed by atoms with van der Waals surface area (Å²) in [5.41, 5.74) is 0. The predicted octanol–water partition coefficient (Wildman–Crippen LogP) is 2.94. The van der Waals surface area contributed by atoms with Gasteiger partial charge in [0, 0.05) is 0 Å².